The fraction of sp³-hybridized carbons (Fsp3) is 0.467. The molecule has 0 aliphatic rings. The number of nitrogen functional groups attached to an aromatic ring is 1. The molecule has 5 nitrogen and oxygen atoms in total. The standard InChI is InChI=1S/C15H21NO4/c1-5-13(15(18)19-6-2)20-14(17)11-8-12(16)10(4)7-9(11)3/h7-8,13H,5-6,16H2,1-4H3. The number of hydrogen-bond donors (Lipinski definition) is 1. The van der Waals surface area contributed by atoms with Gasteiger partial charge in [-0.05, 0) is 44.4 Å². The number of ether oxygens (including phenoxy) is 2. The lowest BCUT2D eigenvalue weighted by atomic mass is 10.0. The molecule has 5 heteroatoms. The summed E-state index contributed by atoms with van der Waals surface area (Å²) < 4.78 is 10.1. The Morgan fingerprint density at radius 1 is 1.20 bits per heavy atom. The second-order valence-electron chi connectivity index (χ2n) is 4.58. The Kier molecular flexibility index (Phi) is 5.55. The first-order valence-electron chi connectivity index (χ1n) is 6.65. The third-order valence-electron chi connectivity index (χ3n) is 3.00. The Bertz CT molecular complexity index is 511. The molecule has 0 spiro atoms. The minimum Gasteiger partial charge on any atom is -0.463 e. The molecule has 2 N–H and O–H groups in total. The lowest BCUT2D eigenvalue weighted by Gasteiger charge is -2.16. The second-order valence-corrected chi connectivity index (χ2v) is 4.58. The maximum atomic E-state index is 12.1. The molecule has 0 amide bonds. The molecule has 20 heavy (non-hydrogen) atoms. The predicted octanol–water partition coefficient (Wildman–Crippen LogP) is 2.38. The first-order chi connectivity index (χ1) is 9.40. The van der Waals surface area contributed by atoms with Crippen molar-refractivity contribution in [2.24, 2.45) is 0 Å². The molecule has 0 fully saturated rings. The van der Waals surface area contributed by atoms with E-state index in [1.54, 1.807) is 26.8 Å². The highest BCUT2D eigenvalue weighted by Gasteiger charge is 2.24. The number of benzene rings is 1. The fourth-order valence-corrected chi connectivity index (χ4v) is 1.81. The van der Waals surface area contributed by atoms with E-state index in [1.165, 1.54) is 0 Å². The smallest absolute Gasteiger partial charge is 0.347 e. The third-order valence-corrected chi connectivity index (χ3v) is 3.00. The minimum absolute atomic E-state index is 0.253. The highest BCUT2D eigenvalue weighted by atomic mass is 16.6. The van der Waals surface area contributed by atoms with Crippen LogP contribution in [0.1, 0.15) is 41.8 Å². The van der Waals surface area contributed by atoms with Gasteiger partial charge >= 0.3 is 11.9 Å². The van der Waals surface area contributed by atoms with Gasteiger partial charge in [0.05, 0.1) is 12.2 Å². The first kappa shape index (κ1) is 16.0. The van der Waals surface area contributed by atoms with Gasteiger partial charge in [-0.25, -0.2) is 9.59 Å². The van der Waals surface area contributed by atoms with Crippen LogP contribution < -0.4 is 5.73 Å². The van der Waals surface area contributed by atoms with E-state index in [0.717, 1.165) is 11.1 Å². The highest BCUT2D eigenvalue weighted by Crippen LogP contribution is 2.19. The van der Waals surface area contributed by atoms with Crippen LogP contribution in [0.25, 0.3) is 0 Å². The van der Waals surface area contributed by atoms with Crippen LogP contribution in [0.4, 0.5) is 5.69 Å². The average Bonchev–Trinajstić information content (AvgIpc) is 2.40. The summed E-state index contributed by atoms with van der Waals surface area (Å²) in [4.78, 5) is 23.7. The van der Waals surface area contributed by atoms with Crippen molar-refractivity contribution in [1.82, 2.24) is 0 Å². The summed E-state index contributed by atoms with van der Waals surface area (Å²) in [7, 11) is 0. The number of anilines is 1. The van der Waals surface area contributed by atoms with E-state index in [-0.39, 0.29) is 6.61 Å². The van der Waals surface area contributed by atoms with E-state index >= 15 is 0 Å². The van der Waals surface area contributed by atoms with Crippen molar-refractivity contribution in [2.75, 3.05) is 12.3 Å². The molecule has 1 unspecified atom stereocenters. The SMILES string of the molecule is CCOC(=O)C(CC)OC(=O)c1cc(N)c(C)cc1C. The van der Waals surface area contributed by atoms with Gasteiger partial charge in [-0.1, -0.05) is 13.0 Å². The maximum Gasteiger partial charge on any atom is 0.347 e. The van der Waals surface area contributed by atoms with Crippen molar-refractivity contribution in [1.29, 1.82) is 0 Å². The largest absolute Gasteiger partial charge is 0.463 e. The maximum absolute atomic E-state index is 12.1. The molecule has 1 aromatic carbocycles. The van der Waals surface area contributed by atoms with Crippen LogP contribution in [0.5, 0.6) is 0 Å². The Balaban J connectivity index is 2.90. The Morgan fingerprint density at radius 2 is 1.85 bits per heavy atom. The van der Waals surface area contributed by atoms with E-state index in [2.05, 4.69) is 0 Å². The zero-order valence-corrected chi connectivity index (χ0v) is 12.4. The molecule has 0 bridgehead atoms. The van der Waals surface area contributed by atoms with Gasteiger partial charge in [-0.15, -0.1) is 0 Å². The third kappa shape index (κ3) is 3.73. The van der Waals surface area contributed by atoms with Crippen LogP contribution in [-0.2, 0) is 14.3 Å². The molecule has 0 radical (unpaired) electrons. The topological polar surface area (TPSA) is 78.6 Å². The molecule has 0 aliphatic heterocycles. The second kappa shape index (κ2) is 6.93. The molecule has 0 aromatic heterocycles. The number of hydrogen-bond acceptors (Lipinski definition) is 5. The summed E-state index contributed by atoms with van der Waals surface area (Å²) in [6.45, 7) is 7.38. The molecule has 0 heterocycles. The van der Waals surface area contributed by atoms with E-state index in [0.29, 0.717) is 17.7 Å². The fourth-order valence-electron chi connectivity index (χ4n) is 1.81. The van der Waals surface area contributed by atoms with Crippen molar-refractivity contribution in [3.63, 3.8) is 0 Å². The summed E-state index contributed by atoms with van der Waals surface area (Å²) in [5.74, 6) is -1.09. The lowest BCUT2D eigenvalue weighted by molar-refractivity contribution is -0.153. The zero-order valence-electron chi connectivity index (χ0n) is 12.4. The number of nitrogens with two attached hydrogens (primary N) is 1. The van der Waals surface area contributed by atoms with E-state index in [1.807, 2.05) is 13.0 Å². The average molecular weight is 279 g/mol. The highest BCUT2D eigenvalue weighted by molar-refractivity contribution is 5.94. The van der Waals surface area contributed by atoms with Crippen LogP contribution in [0.2, 0.25) is 0 Å². The molecule has 0 aliphatic carbocycles. The summed E-state index contributed by atoms with van der Waals surface area (Å²) >= 11 is 0. The van der Waals surface area contributed by atoms with Crippen molar-refractivity contribution >= 4 is 17.6 Å². The van der Waals surface area contributed by atoms with Crippen LogP contribution >= 0.6 is 0 Å². The molecule has 0 saturated carbocycles. The number of aryl methyl sites for hydroxylation is 2. The van der Waals surface area contributed by atoms with E-state index in [4.69, 9.17) is 15.2 Å². The molecule has 0 saturated heterocycles. The summed E-state index contributed by atoms with van der Waals surface area (Å²) in [5.41, 5.74) is 8.35. The quantitative estimate of drug-likeness (QED) is 0.661. The number of esters is 2. The van der Waals surface area contributed by atoms with E-state index in [9.17, 15) is 9.59 Å². The van der Waals surface area contributed by atoms with Crippen LogP contribution in [0, 0.1) is 13.8 Å². The Labute approximate surface area is 119 Å². The van der Waals surface area contributed by atoms with Crippen molar-refractivity contribution in [2.45, 2.75) is 40.2 Å². The molecule has 110 valence electrons. The van der Waals surface area contributed by atoms with Gasteiger partial charge in [0.15, 0.2) is 6.10 Å². The predicted molar refractivity (Wildman–Crippen MR) is 76.5 cm³/mol. The van der Waals surface area contributed by atoms with Gasteiger partial charge in [0.25, 0.3) is 0 Å². The first-order valence-corrected chi connectivity index (χ1v) is 6.65. The number of carbonyl (C=O) groups excluding carboxylic acids is 2. The zero-order chi connectivity index (χ0) is 15.3. The summed E-state index contributed by atoms with van der Waals surface area (Å²) in [6, 6.07) is 3.39. The van der Waals surface area contributed by atoms with Crippen molar-refractivity contribution in [3.8, 4) is 0 Å². The number of rotatable bonds is 5. The molecule has 1 atom stereocenters. The van der Waals surface area contributed by atoms with Gasteiger partial charge in [-0.2, -0.15) is 0 Å². The Hall–Kier alpha value is -2.04. The van der Waals surface area contributed by atoms with Crippen LogP contribution in [-0.4, -0.2) is 24.6 Å². The minimum atomic E-state index is -0.885. The summed E-state index contributed by atoms with van der Waals surface area (Å²) in [5, 5.41) is 0. The van der Waals surface area contributed by atoms with E-state index < -0.39 is 18.0 Å². The van der Waals surface area contributed by atoms with Gasteiger partial charge in [-0.3, -0.25) is 0 Å². The Morgan fingerprint density at radius 3 is 2.40 bits per heavy atom. The normalized spacial score (nSPS) is 11.8. The lowest BCUT2D eigenvalue weighted by Crippen LogP contribution is -2.29. The summed E-state index contributed by atoms with van der Waals surface area (Å²) in [6.07, 6.45) is -0.519. The number of carbonyl (C=O) groups is 2. The molecular weight excluding hydrogens is 258 g/mol. The monoisotopic (exact) mass is 279 g/mol. The van der Waals surface area contributed by atoms with Crippen LogP contribution in [0.15, 0.2) is 12.1 Å². The van der Waals surface area contributed by atoms with Gasteiger partial charge in [0.2, 0.25) is 0 Å². The molecule has 1 aromatic rings. The van der Waals surface area contributed by atoms with Crippen LogP contribution in [0.3, 0.4) is 0 Å². The van der Waals surface area contributed by atoms with Crippen molar-refractivity contribution < 1.29 is 19.1 Å². The van der Waals surface area contributed by atoms with Gasteiger partial charge in [0.1, 0.15) is 0 Å². The molecular formula is C15H21NO4. The molecule has 1 rings (SSSR count). The van der Waals surface area contributed by atoms with Gasteiger partial charge < -0.3 is 15.2 Å². The van der Waals surface area contributed by atoms with Gasteiger partial charge in [0, 0.05) is 5.69 Å². The van der Waals surface area contributed by atoms with Crippen molar-refractivity contribution in [3.05, 3.63) is 28.8 Å².